The molecule has 66 valence electrons. The largest absolute Gasteiger partial charge is 0.389 e. The quantitative estimate of drug-likeness (QED) is 0.700. The van der Waals surface area contributed by atoms with Gasteiger partial charge in [0.25, 0.3) is 0 Å². The molecule has 0 bridgehead atoms. The molecule has 1 aromatic rings. The van der Waals surface area contributed by atoms with Gasteiger partial charge >= 0.3 is 0 Å². The minimum atomic E-state index is -0.436. The Hall–Kier alpha value is -0.930. The van der Waals surface area contributed by atoms with Crippen molar-refractivity contribution in [1.29, 1.82) is 0 Å². The van der Waals surface area contributed by atoms with Crippen molar-refractivity contribution in [2.75, 3.05) is 7.05 Å². The van der Waals surface area contributed by atoms with Gasteiger partial charge in [-0.25, -0.2) is 0 Å². The highest BCUT2D eigenvalue weighted by Gasteiger charge is 2.01. The minimum absolute atomic E-state index is 0.436. The fourth-order valence-electron chi connectivity index (χ4n) is 1.04. The Kier molecular flexibility index (Phi) is 3.19. The maximum Gasteiger partial charge on any atom is 0.0776 e. The van der Waals surface area contributed by atoms with E-state index in [2.05, 4.69) is 10.3 Å². The van der Waals surface area contributed by atoms with Gasteiger partial charge in [0, 0.05) is 18.9 Å². The number of hydrogen-bond donors (Lipinski definition) is 2. The van der Waals surface area contributed by atoms with Crippen molar-refractivity contribution in [3.63, 3.8) is 0 Å². The van der Waals surface area contributed by atoms with Gasteiger partial charge in [-0.3, -0.25) is 4.98 Å². The van der Waals surface area contributed by atoms with Crippen molar-refractivity contribution in [1.82, 2.24) is 10.3 Å². The monoisotopic (exact) mass is 166 g/mol. The maximum atomic E-state index is 9.26. The van der Waals surface area contributed by atoms with Gasteiger partial charge in [0.2, 0.25) is 0 Å². The van der Waals surface area contributed by atoms with Crippen LogP contribution in [0.5, 0.6) is 0 Å². The summed E-state index contributed by atoms with van der Waals surface area (Å²) in [7, 11) is 1.88. The number of aliphatic hydroxyl groups is 1. The molecule has 1 atom stereocenters. The van der Waals surface area contributed by atoms with Crippen molar-refractivity contribution in [2.45, 2.75) is 19.6 Å². The third-order valence-electron chi connectivity index (χ3n) is 1.68. The summed E-state index contributed by atoms with van der Waals surface area (Å²) < 4.78 is 0. The Morgan fingerprint density at radius 3 is 2.92 bits per heavy atom. The van der Waals surface area contributed by atoms with Crippen molar-refractivity contribution in [3.8, 4) is 0 Å². The highest BCUT2D eigenvalue weighted by atomic mass is 16.3. The zero-order valence-electron chi connectivity index (χ0n) is 7.41. The normalized spacial score (nSPS) is 12.9. The molecule has 1 unspecified atom stereocenters. The number of rotatable bonds is 3. The number of pyridine rings is 1. The number of nitrogens with zero attached hydrogens (tertiary/aromatic N) is 1. The number of nitrogens with one attached hydrogen (secondary N) is 1. The lowest BCUT2D eigenvalue weighted by Crippen LogP contribution is -2.06. The Morgan fingerprint density at radius 1 is 1.58 bits per heavy atom. The predicted octanol–water partition coefficient (Wildman–Crippen LogP) is 0.854. The number of aliphatic hydroxyl groups excluding tert-OH is 1. The molecular formula is C9H14N2O. The SMILES string of the molecule is CNCc1cncc(C(C)O)c1. The van der Waals surface area contributed by atoms with Gasteiger partial charge in [0.1, 0.15) is 0 Å². The second-order valence-corrected chi connectivity index (χ2v) is 2.83. The van der Waals surface area contributed by atoms with Crippen LogP contribution in [0.2, 0.25) is 0 Å². The zero-order valence-corrected chi connectivity index (χ0v) is 7.41. The summed E-state index contributed by atoms with van der Waals surface area (Å²) in [5.41, 5.74) is 1.96. The van der Waals surface area contributed by atoms with Crippen LogP contribution in [0, 0.1) is 0 Å². The standard InChI is InChI=1S/C9H14N2O/c1-7(12)9-3-8(4-10-2)5-11-6-9/h3,5-7,10,12H,4H2,1-2H3. The number of hydrogen-bond acceptors (Lipinski definition) is 3. The van der Waals surface area contributed by atoms with E-state index in [1.807, 2.05) is 13.1 Å². The lowest BCUT2D eigenvalue weighted by atomic mass is 10.1. The summed E-state index contributed by atoms with van der Waals surface area (Å²) in [5, 5.41) is 12.3. The van der Waals surface area contributed by atoms with Crippen LogP contribution in [-0.4, -0.2) is 17.1 Å². The second kappa shape index (κ2) is 4.18. The molecule has 0 amide bonds. The van der Waals surface area contributed by atoms with Crippen LogP contribution in [0.4, 0.5) is 0 Å². The summed E-state index contributed by atoms with van der Waals surface area (Å²) in [4.78, 5) is 4.02. The van der Waals surface area contributed by atoms with Gasteiger partial charge in [-0.05, 0) is 31.2 Å². The zero-order chi connectivity index (χ0) is 8.97. The molecule has 1 aromatic heterocycles. The van der Waals surface area contributed by atoms with E-state index in [0.29, 0.717) is 0 Å². The molecule has 12 heavy (non-hydrogen) atoms. The molecule has 0 radical (unpaired) electrons. The summed E-state index contributed by atoms with van der Waals surface area (Å²) in [6.07, 6.45) is 3.04. The smallest absolute Gasteiger partial charge is 0.0776 e. The van der Waals surface area contributed by atoms with E-state index in [4.69, 9.17) is 0 Å². The summed E-state index contributed by atoms with van der Waals surface area (Å²) in [6, 6.07) is 1.95. The van der Waals surface area contributed by atoms with Gasteiger partial charge in [-0.15, -0.1) is 0 Å². The third-order valence-corrected chi connectivity index (χ3v) is 1.68. The molecule has 1 heterocycles. The molecule has 0 aromatic carbocycles. The van der Waals surface area contributed by atoms with Crippen LogP contribution in [0.15, 0.2) is 18.5 Å². The van der Waals surface area contributed by atoms with Crippen LogP contribution in [0.3, 0.4) is 0 Å². The molecule has 0 saturated heterocycles. The van der Waals surface area contributed by atoms with E-state index in [9.17, 15) is 5.11 Å². The van der Waals surface area contributed by atoms with Crippen molar-refractivity contribution in [2.24, 2.45) is 0 Å². The lowest BCUT2D eigenvalue weighted by Gasteiger charge is -2.05. The fourth-order valence-corrected chi connectivity index (χ4v) is 1.04. The molecule has 0 saturated carbocycles. The molecule has 0 fully saturated rings. The topological polar surface area (TPSA) is 45.2 Å². The highest BCUT2D eigenvalue weighted by molar-refractivity contribution is 5.19. The minimum Gasteiger partial charge on any atom is -0.389 e. The summed E-state index contributed by atoms with van der Waals surface area (Å²) >= 11 is 0. The van der Waals surface area contributed by atoms with Crippen molar-refractivity contribution >= 4 is 0 Å². The Balaban J connectivity index is 2.81. The first-order valence-corrected chi connectivity index (χ1v) is 4.00. The second-order valence-electron chi connectivity index (χ2n) is 2.83. The van der Waals surface area contributed by atoms with E-state index < -0.39 is 6.10 Å². The lowest BCUT2D eigenvalue weighted by molar-refractivity contribution is 0.198. The molecule has 0 aliphatic rings. The fraction of sp³-hybridized carbons (Fsp3) is 0.444. The van der Waals surface area contributed by atoms with Gasteiger partial charge in [-0.2, -0.15) is 0 Å². The third kappa shape index (κ3) is 2.29. The molecular weight excluding hydrogens is 152 g/mol. The molecule has 2 N–H and O–H groups in total. The first kappa shape index (κ1) is 9.16. The van der Waals surface area contributed by atoms with Crippen LogP contribution >= 0.6 is 0 Å². The molecule has 1 rings (SSSR count). The van der Waals surface area contributed by atoms with Crippen LogP contribution in [0.1, 0.15) is 24.2 Å². The van der Waals surface area contributed by atoms with Crippen molar-refractivity contribution in [3.05, 3.63) is 29.6 Å². The van der Waals surface area contributed by atoms with Gasteiger partial charge in [0.15, 0.2) is 0 Å². The Bertz CT molecular complexity index is 248. The van der Waals surface area contributed by atoms with E-state index in [0.717, 1.165) is 17.7 Å². The highest BCUT2D eigenvalue weighted by Crippen LogP contribution is 2.11. The molecule has 3 heteroatoms. The van der Waals surface area contributed by atoms with Gasteiger partial charge < -0.3 is 10.4 Å². The van der Waals surface area contributed by atoms with E-state index in [1.165, 1.54) is 0 Å². The maximum absolute atomic E-state index is 9.26. The average molecular weight is 166 g/mol. The Morgan fingerprint density at radius 2 is 2.33 bits per heavy atom. The predicted molar refractivity (Wildman–Crippen MR) is 47.6 cm³/mol. The van der Waals surface area contributed by atoms with Crippen LogP contribution in [-0.2, 0) is 6.54 Å². The van der Waals surface area contributed by atoms with Gasteiger partial charge in [0.05, 0.1) is 6.10 Å². The average Bonchev–Trinajstić information content (AvgIpc) is 2.05. The summed E-state index contributed by atoms with van der Waals surface area (Å²) in [5.74, 6) is 0. The first-order valence-electron chi connectivity index (χ1n) is 4.00. The molecule has 3 nitrogen and oxygen atoms in total. The van der Waals surface area contributed by atoms with Crippen LogP contribution in [0.25, 0.3) is 0 Å². The number of aromatic nitrogens is 1. The van der Waals surface area contributed by atoms with Crippen molar-refractivity contribution < 1.29 is 5.11 Å². The first-order chi connectivity index (χ1) is 5.74. The Labute approximate surface area is 72.5 Å². The summed E-state index contributed by atoms with van der Waals surface area (Å²) in [6.45, 7) is 2.52. The van der Waals surface area contributed by atoms with Crippen LogP contribution < -0.4 is 5.32 Å². The molecule has 0 aliphatic heterocycles. The molecule has 0 spiro atoms. The van der Waals surface area contributed by atoms with Gasteiger partial charge in [-0.1, -0.05) is 0 Å². The van der Waals surface area contributed by atoms with E-state index in [-0.39, 0.29) is 0 Å². The van der Waals surface area contributed by atoms with E-state index in [1.54, 1.807) is 19.3 Å². The van der Waals surface area contributed by atoms with E-state index >= 15 is 0 Å². The molecule has 0 aliphatic carbocycles.